The van der Waals surface area contributed by atoms with Crippen molar-refractivity contribution in [1.29, 1.82) is 0 Å². The van der Waals surface area contributed by atoms with E-state index in [0.29, 0.717) is 0 Å². The molecule has 8 N–H and O–H groups in total. The van der Waals surface area contributed by atoms with Crippen LogP contribution in [0.5, 0.6) is 0 Å². The minimum absolute atomic E-state index is 0.756. The molecule has 2 rings (SSSR count). The summed E-state index contributed by atoms with van der Waals surface area (Å²) in [6.45, 7) is 13.4. The van der Waals surface area contributed by atoms with Crippen LogP contribution < -0.4 is 32.7 Å². The topological polar surface area (TPSA) is 100 Å². The number of nitrogens with two attached hydrogens (primary N) is 2. The van der Waals surface area contributed by atoms with E-state index in [1.807, 2.05) is 13.8 Å². The highest BCUT2D eigenvalue weighted by molar-refractivity contribution is 5.65. The van der Waals surface area contributed by atoms with Crippen molar-refractivity contribution in [2.24, 2.45) is 11.5 Å². The average molecular weight is 471 g/mol. The highest BCUT2D eigenvalue weighted by Gasteiger charge is 2.04. The van der Waals surface area contributed by atoms with Gasteiger partial charge in [0.15, 0.2) is 0 Å². The van der Waals surface area contributed by atoms with Gasteiger partial charge in [-0.3, -0.25) is 0 Å². The molecule has 6 nitrogen and oxygen atoms in total. The van der Waals surface area contributed by atoms with Crippen molar-refractivity contribution in [3.63, 3.8) is 0 Å². The molecule has 0 aliphatic heterocycles. The fourth-order valence-corrected chi connectivity index (χ4v) is 3.61. The summed E-state index contributed by atoms with van der Waals surface area (Å²) < 4.78 is 0. The zero-order valence-corrected chi connectivity index (χ0v) is 21.7. The molecule has 0 saturated carbocycles. The summed E-state index contributed by atoms with van der Waals surface area (Å²) in [4.78, 5) is 0. The second-order valence-corrected chi connectivity index (χ2v) is 8.25. The zero-order chi connectivity index (χ0) is 24.7. The van der Waals surface area contributed by atoms with E-state index in [1.165, 1.54) is 22.3 Å². The summed E-state index contributed by atoms with van der Waals surface area (Å²) in [5.41, 5.74) is 16.3. The van der Waals surface area contributed by atoms with Gasteiger partial charge in [-0.25, -0.2) is 0 Å². The molecule has 6 heteroatoms. The number of hydrogen-bond acceptors (Lipinski definition) is 6. The normalized spacial score (nSPS) is 10.7. The van der Waals surface area contributed by atoms with Crippen molar-refractivity contribution in [3.8, 4) is 11.1 Å². The van der Waals surface area contributed by atoms with E-state index in [1.54, 1.807) is 0 Å². The molecule has 2 aromatic rings. The van der Waals surface area contributed by atoms with Gasteiger partial charge in [0, 0.05) is 13.1 Å². The molecular formula is C28H50N6. The lowest BCUT2D eigenvalue weighted by molar-refractivity contribution is 0.583. The van der Waals surface area contributed by atoms with Crippen molar-refractivity contribution in [3.05, 3.63) is 59.7 Å². The lowest BCUT2D eigenvalue weighted by atomic mass is 9.99. The molecule has 0 radical (unpaired) electrons. The molecule has 0 fully saturated rings. The monoisotopic (exact) mass is 470 g/mol. The van der Waals surface area contributed by atoms with E-state index in [-0.39, 0.29) is 0 Å². The first kappa shape index (κ1) is 30.2. The van der Waals surface area contributed by atoms with Gasteiger partial charge in [-0.2, -0.15) is 0 Å². The molecule has 0 amide bonds. The molecule has 0 unspecified atom stereocenters. The van der Waals surface area contributed by atoms with E-state index >= 15 is 0 Å². The van der Waals surface area contributed by atoms with Gasteiger partial charge in [-0.05, 0) is 112 Å². The standard InChI is InChI=1S/C26H44N6.C2H6/c27-10-4-12-29-14-6-16-31-21-23-18-24(22-32-17-7-15-30-13-5-11-28)20-26(19-23)25-8-2-1-3-9-25;1-2/h1-3,8-9,18-20,29-32H,4-7,10-17,21-22,27-28H2;1-2H3. The maximum absolute atomic E-state index is 5.53. The van der Waals surface area contributed by atoms with Gasteiger partial charge in [0.1, 0.15) is 0 Å². The Kier molecular flexibility index (Phi) is 19.3. The minimum Gasteiger partial charge on any atom is -0.330 e. The highest BCUT2D eigenvalue weighted by Crippen LogP contribution is 2.22. The molecule has 0 bridgehead atoms. The second kappa shape index (κ2) is 21.7. The predicted octanol–water partition coefficient (Wildman–Crippen LogP) is 3.22. The van der Waals surface area contributed by atoms with Crippen LogP contribution in [-0.4, -0.2) is 52.4 Å². The van der Waals surface area contributed by atoms with Crippen LogP contribution in [0.4, 0.5) is 0 Å². The van der Waals surface area contributed by atoms with Crippen LogP contribution >= 0.6 is 0 Å². The number of rotatable bonds is 19. The molecule has 0 aliphatic rings. The molecule has 0 saturated heterocycles. The first-order valence-corrected chi connectivity index (χ1v) is 13.2. The summed E-state index contributed by atoms with van der Waals surface area (Å²) in [6, 6.07) is 17.6. The maximum Gasteiger partial charge on any atom is 0.0205 e. The fraction of sp³-hybridized carbons (Fsp3) is 0.571. The first-order valence-electron chi connectivity index (χ1n) is 13.2. The van der Waals surface area contributed by atoms with Gasteiger partial charge in [0.05, 0.1) is 0 Å². The maximum atomic E-state index is 5.53. The minimum atomic E-state index is 0.756. The van der Waals surface area contributed by atoms with Crippen molar-refractivity contribution in [2.45, 2.75) is 52.6 Å². The Labute approximate surface area is 208 Å². The van der Waals surface area contributed by atoms with Gasteiger partial charge in [0.25, 0.3) is 0 Å². The Balaban J connectivity index is 0.00000281. The van der Waals surface area contributed by atoms with Gasteiger partial charge in [-0.1, -0.05) is 50.2 Å². The van der Waals surface area contributed by atoms with Crippen molar-refractivity contribution < 1.29 is 0 Å². The van der Waals surface area contributed by atoms with Crippen LogP contribution in [0.3, 0.4) is 0 Å². The van der Waals surface area contributed by atoms with E-state index in [9.17, 15) is 0 Å². The summed E-state index contributed by atoms with van der Waals surface area (Å²) in [7, 11) is 0. The van der Waals surface area contributed by atoms with Crippen LogP contribution in [-0.2, 0) is 13.1 Å². The summed E-state index contributed by atoms with van der Waals surface area (Å²) in [5, 5.41) is 14.1. The third-order valence-electron chi connectivity index (χ3n) is 5.35. The second-order valence-electron chi connectivity index (χ2n) is 8.25. The van der Waals surface area contributed by atoms with Gasteiger partial charge in [-0.15, -0.1) is 0 Å². The fourth-order valence-electron chi connectivity index (χ4n) is 3.61. The van der Waals surface area contributed by atoms with Crippen molar-refractivity contribution in [2.75, 3.05) is 52.4 Å². The molecule has 2 aromatic carbocycles. The van der Waals surface area contributed by atoms with E-state index in [2.05, 4.69) is 69.8 Å². The molecule has 0 aromatic heterocycles. The molecule has 34 heavy (non-hydrogen) atoms. The number of benzene rings is 2. The van der Waals surface area contributed by atoms with E-state index in [0.717, 1.165) is 91.1 Å². The molecule has 192 valence electrons. The summed E-state index contributed by atoms with van der Waals surface area (Å²) in [5.74, 6) is 0. The molecule has 0 aliphatic carbocycles. The van der Waals surface area contributed by atoms with Crippen LogP contribution in [0.15, 0.2) is 48.5 Å². The van der Waals surface area contributed by atoms with Crippen LogP contribution in [0.25, 0.3) is 11.1 Å². The SMILES string of the molecule is CC.NCCCNCCCNCc1cc(CNCCCNCCCN)cc(-c2ccccc2)c1. The van der Waals surface area contributed by atoms with Crippen molar-refractivity contribution in [1.82, 2.24) is 21.3 Å². The van der Waals surface area contributed by atoms with Gasteiger partial charge < -0.3 is 32.7 Å². The summed E-state index contributed by atoms with van der Waals surface area (Å²) >= 11 is 0. The third kappa shape index (κ3) is 14.5. The van der Waals surface area contributed by atoms with Crippen molar-refractivity contribution >= 4 is 0 Å². The van der Waals surface area contributed by atoms with Gasteiger partial charge >= 0.3 is 0 Å². The van der Waals surface area contributed by atoms with Crippen LogP contribution in [0.2, 0.25) is 0 Å². The van der Waals surface area contributed by atoms with Crippen LogP contribution in [0.1, 0.15) is 50.7 Å². The molecule has 0 atom stereocenters. The number of hydrogen-bond donors (Lipinski definition) is 6. The Hall–Kier alpha value is -1.80. The Morgan fingerprint density at radius 1 is 0.529 bits per heavy atom. The van der Waals surface area contributed by atoms with Gasteiger partial charge in [0.2, 0.25) is 0 Å². The largest absolute Gasteiger partial charge is 0.330 e. The Morgan fingerprint density at radius 2 is 0.971 bits per heavy atom. The highest BCUT2D eigenvalue weighted by atomic mass is 14.9. The third-order valence-corrected chi connectivity index (χ3v) is 5.35. The first-order chi connectivity index (χ1) is 16.8. The predicted molar refractivity (Wildman–Crippen MR) is 149 cm³/mol. The molecular weight excluding hydrogens is 420 g/mol. The lowest BCUT2D eigenvalue weighted by Gasteiger charge is -2.12. The lowest BCUT2D eigenvalue weighted by Crippen LogP contribution is -2.24. The summed E-state index contributed by atoms with van der Waals surface area (Å²) in [6.07, 6.45) is 4.33. The quantitative estimate of drug-likeness (QED) is 0.176. The van der Waals surface area contributed by atoms with Crippen LogP contribution in [0, 0.1) is 0 Å². The Bertz CT molecular complexity index is 669. The van der Waals surface area contributed by atoms with E-state index < -0.39 is 0 Å². The Morgan fingerprint density at radius 3 is 1.44 bits per heavy atom. The molecule has 0 spiro atoms. The average Bonchev–Trinajstić information content (AvgIpc) is 2.89. The number of nitrogens with one attached hydrogen (secondary N) is 4. The molecule has 0 heterocycles. The zero-order valence-electron chi connectivity index (χ0n) is 21.7. The van der Waals surface area contributed by atoms with E-state index in [4.69, 9.17) is 11.5 Å². The smallest absolute Gasteiger partial charge is 0.0205 e.